The van der Waals surface area contributed by atoms with E-state index < -0.39 is 15.9 Å². The zero-order chi connectivity index (χ0) is 21.1. The lowest BCUT2D eigenvalue weighted by Crippen LogP contribution is -2.30. The van der Waals surface area contributed by atoms with Gasteiger partial charge in [0.05, 0.1) is 35.5 Å². The van der Waals surface area contributed by atoms with Crippen LogP contribution in [0.2, 0.25) is 10.0 Å². The Morgan fingerprint density at radius 2 is 1.71 bits per heavy atom. The lowest BCUT2D eigenvalue weighted by molar-refractivity contribution is 0.102. The number of anilines is 1. The third kappa shape index (κ3) is 5.08. The van der Waals surface area contributed by atoms with Crippen LogP contribution in [0.25, 0.3) is 0 Å². The van der Waals surface area contributed by atoms with Crippen LogP contribution in [-0.2, 0) is 10.0 Å². The number of benzene rings is 2. The van der Waals surface area contributed by atoms with Crippen molar-refractivity contribution in [1.82, 2.24) is 4.72 Å². The first-order valence-corrected chi connectivity index (χ1v) is 10.4. The number of rotatable bonds is 7. The van der Waals surface area contributed by atoms with Gasteiger partial charge in [-0.25, -0.2) is 13.1 Å². The number of methoxy groups -OCH3 is 2. The van der Waals surface area contributed by atoms with Crippen molar-refractivity contribution in [1.29, 1.82) is 0 Å². The van der Waals surface area contributed by atoms with Crippen molar-refractivity contribution in [2.45, 2.75) is 24.8 Å². The van der Waals surface area contributed by atoms with E-state index in [-0.39, 0.29) is 26.5 Å². The maximum absolute atomic E-state index is 12.8. The molecule has 2 aromatic rings. The molecule has 152 valence electrons. The van der Waals surface area contributed by atoms with Crippen molar-refractivity contribution < 1.29 is 22.7 Å². The molecule has 0 aromatic heterocycles. The highest BCUT2D eigenvalue weighted by Gasteiger charge is 2.24. The van der Waals surface area contributed by atoms with Crippen LogP contribution in [-0.4, -0.2) is 34.6 Å². The molecule has 0 unspecified atom stereocenters. The van der Waals surface area contributed by atoms with E-state index in [9.17, 15) is 13.2 Å². The number of carbonyl (C=O) groups is 1. The molecule has 0 atom stereocenters. The van der Waals surface area contributed by atoms with E-state index in [0.717, 1.165) is 6.07 Å². The molecule has 7 nitrogen and oxygen atoms in total. The fraction of sp³-hybridized carbons (Fsp3) is 0.278. The predicted octanol–water partition coefficient (Wildman–Crippen LogP) is 3.95. The lowest BCUT2D eigenvalue weighted by Gasteiger charge is -2.15. The molecule has 28 heavy (non-hydrogen) atoms. The molecular weight excluding hydrogens is 427 g/mol. The molecule has 0 fully saturated rings. The number of halogens is 2. The fourth-order valence-electron chi connectivity index (χ4n) is 2.38. The van der Waals surface area contributed by atoms with Crippen LogP contribution in [0.15, 0.2) is 35.2 Å². The van der Waals surface area contributed by atoms with Gasteiger partial charge in [-0.05, 0) is 38.1 Å². The normalized spacial score (nSPS) is 11.4. The van der Waals surface area contributed by atoms with E-state index in [1.807, 2.05) is 0 Å². The van der Waals surface area contributed by atoms with Crippen molar-refractivity contribution >= 4 is 44.8 Å². The molecule has 0 aliphatic rings. The Hall–Kier alpha value is -2.00. The van der Waals surface area contributed by atoms with Crippen LogP contribution in [0.5, 0.6) is 11.5 Å². The van der Waals surface area contributed by atoms with E-state index in [0.29, 0.717) is 17.2 Å². The Balaban J connectivity index is 2.46. The number of carbonyl (C=O) groups excluding carboxylic acids is 1. The molecule has 10 heteroatoms. The summed E-state index contributed by atoms with van der Waals surface area (Å²) in [7, 11) is -0.983. The molecule has 1 amide bonds. The third-order valence-corrected chi connectivity index (χ3v) is 6.04. The quantitative estimate of drug-likeness (QED) is 0.671. The van der Waals surface area contributed by atoms with E-state index >= 15 is 0 Å². The zero-order valence-corrected chi connectivity index (χ0v) is 18.0. The summed E-state index contributed by atoms with van der Waals surface area (Å²) in [4.78, 5) is 12.5. The highest BCUT2D eigenvalue weighted by molar-refractivity contribution is 7.89. The monoisotopic (exact) mass is 446 g/mol. The molecule has 2 N–H and O–H groups in total. The van der Waals surface area contributed by atoms with Crippen LogP contribution in [0, 0.1) is 0 Å². The van der Waals surface area contributed by atoms with E-state index in [4.69, 9.17) is 32.7 Å². The van der Waals surface area contributed by atoms with Gasteiger partial charge < -0.3 is 14.8 Å². The molecule has 2 rings (SSSR count). The number of amides is 1. The summed E-state index contributed by atoms with van der Waals surface area (Å²) < 4.78 is 37.8. The molecule has 0 saturated heterocycles. The molecule has 0 aliphatic carbocycles. The average molecular weight is 447 g/mol. The highest BCUT2D eigenvalue weighted by Crippen LogP contribution is 2.32. The van der Waals surface area contributed by atoms with Gasteiger partial charge in [0.2, 0.25) is 10.0 Å². The van der Waals surface area contributed by atoms with E-state index in [2.05, 4.69) is 10.0 Å². The van der Waals surface area contributed by atoms with Crippen molar-refractivity contribution in [3.05, 3.63) is 45.9 Å². The number of hydrogen-bond acceptors (Lipinski definition) is 5. The molecule has 0 spiro atoms. The molecule has 0 radical (unpaired) electrons. The van der Waals surface area contributed by atoms with Gasteiger partial charge in [-0.15, -0.1) is 0 Å². The Morgan fingerprint density at radius 3 is 2.29 bits per heavy atom. The lowest BCUT2D eigenvalue weighted by atomic mass is 10.2. The Labute approximate surface area is 174 Å². The minimum atomic E-state index is -3.92. The second kappa shape index (κ2) is 9.00. The molecule has 0 aliphatic heterocycles. The van der Waals surface area contributed by atoms with E-state index in [1.54, 1.807) is 32.0 Å². The summed E-state index contributed by atoms with van der Waals surface area (Å²) in [5, 5.41) is 2.56. The first-order valence-electron chi connectivity index (χ1n) is 8.13. The maximum Gasteiger partial charge on any atom is 0.257 e. The fourth-order valence-corrected chi connectivity index (χ4v) is 4.49. The molecule has 0 heterocycles. The summed E-state index contributed by atoms with van der Waals surface area (Å²) in [5.41, 5.74) is 0.280. The van der Waals surface area contributed by atoms with Crippen LogP contribution < -0.4 is 19.5 Å². The average Bonchev–Trinajstić information content (AvgIpc) is 2.60. The first kappa shape index (κ1) is 22.3. The minimum Gasteiger partial charge on any atom is -0.497 e. The van der Waals surface area contributed by atoms with Gasteiger partial charge in [-0.3, -0.25) is 4.79 Å². The highest BCUT2D eigenvalue weighted by atomic mass is 35.5. The Kier molecular flexibility index (Phi) is 7.16. The number of ether oxygens (including phenoxy) is 2. The topological polar surface area (TPSA) is 93.7 Å². The van der Waals surface area contributed by atoms with Crippen molar-refractivity contribution in [3.8, 4) is 11.5 Å². The smallest absolute Gasteiger partial charge is 0.257 e. The van der Waals surface area contributed by atoms with Crippen molar-refractivity contribution in [3.63, 3.8) is 0 Å². The summed E-state index contributed by atoms with van der Waals surface area (Å²) in [6.45, 7) is 3.34. The van der Waals surface area contributed by atoms with Gasteiger partial charge in [0, 0.05) is 12.1 Å². The second-order valence-electron chi connectivity index (χ2n) is 6.06. The predicted molar refractivity (Wildman–Crippen MR) is 109 cm³/mol. The molecule has 2 aromatic carbocycles. The number of hydrogen-bond donors (Lipinski definition) is 2. The molecular formula is C18H20Cl2N2O5S. The molecule has 0 bridgehead atoms. The maximum atomic E-state index is 12.8. The summed E-state index contributed by atoms with van der Waals surface area (Å²) in [6.07, 6.45) is 0. The zero-order valence-electron chi connectivity index (χ0n) is 15.7. The summed E-state index contributed by atoms with van der Waals surface area (Å²) in [5.74, 6) is 0.269. The van der Waals surface area contributed by atoms with Crippen LogP contribution in [0.4, 0.5) is 5.69 Å². The van der Waals surface area contributed by atoms with Crippen LogP contribution >= 0.6 is 23.2 Å². The summed E-state index contributed by atoms with van der Waals surface area (Å²) >= 11 is 12.2. The SMILES string of the molecule is COc1ccc(OC)c(NC(=O)c2cc(S(=O)(=O)NC(C)C)c(Cl)cc2Cl)c1. The van der Waals surface area contributed by atoms with Gasteiger partial charge in [0.15, 0.2) is 0 Å². The first-order chi connectivity index (χ1) is 13.1. The largest absolute Gasteiger partial charge is 0.497 e. The number of nitrogens with one attached hydrogen (secondary N) is 2. The van der Waals surface area contributed by atoms with Crippen LogP contribution in [0.3, 0.4) is 0 Å². The Bertz CT molecular complexity index is 994. The third-order valence-electron chi connectivity index (χ3n) is 3.60. The van der Waals surface area contributed by atoms with Crippen molar-refractivity contribution in [2.24, 2.45) is 0 Å². The Morgan fingerprint density at radius 1 is 1.04 bits per heavy atom. The van der Waals surface area contributed by atoms with Gasteiger partial charge in [0.25, 0.3) is 5.91 Å². The van der Waals surface area contributed by atoms with E-state index in [1.165, 1.54) is 20.3 Å². The van der Waals surface area contributed by atoms with Gasteiger partial charge >= 0.3 is 0 Å². The minimum absolute atomic E-state index is 0.00728. The van der Waals surface area contributed by atoms with Gasteiger partial charge in [-0.2, -0.15) is 0 Å². The molecule has 0 saturated carbocycles. The second-order valence-corrected chi connectivity index (χ2v) is 8.56. The van der Waals surface area contributed by atoms with Gasteiger partial charge in [-0.1, -0.05) is 23.2 Å². The summed E-state index contributed by atoms with van der Waals surface area (Å²) in [6, 6.07) is 6.87. The van der Waals surface area contributed by atoms with Crippen LogP contribution in [0.1, 0.15) is 24.2 Å². The van der Waals surface area contributed by atoms with Crippen molar-refractivity contribution in [2.75, 3.05) is 19.5 Å². The van der Waals surface area contributed by atoms with Gasteiger partial charge in [0.1, 0.15) is 16.4 Å². The number of sulfonamides is 1. The standard InChI is InChI=1S/C18H20Cl2N2O5S/c1-10(2)22-28(24,25)17-8-12(13(19)9-14(17)20)18(23)21-15-7-11(26-3)5-6-16(15)27-4/h5-10,22H,1-4H3,(H,21,23).